The second-order valence-corrected chi connectivity index (χ2v) is 6.41. The number of benzene rings is 1. The van der Waals surface area contributed by atoms with Gasteiger partial charge in [0.25, 0.3) is 11.5 Å². The molecular formula is C20H25N3O3. The van der Waals surface area contributed by atoms with Gasteiger partial charge in [0.15, 0.2) is 0 Å². The van der Waals surface area contributed by atoms with Crippen molar-refractivity contribution in [2.24, 2.45) is 0 Å². The van der Waals surface area contributed by atoms with Crippen LogP contribution in [0.25, 0.3) is 0 Å². The van der Waals surface area contributed by atoms with Gasteiger partial charge < -0.3 is 9.64 Å². The molecule has 0 aliphatic carbocycles. The molecule has 0 atom stereocenters. The van der Waals surface area contributed by atoms with Gasteiger partial charge in [-0.2, -0.15) is 0 Å². The van der Waals surface area contributed by atoms with Crippen LogP contribution in [0.3, 0.4) is 0 Å². The lowest BCUT2D eigenvalue weighted by molar-refractivity contribution is 0.0763. The van der Waals surface area contributed by atoms with Gasteiger partial charge in [-0.3, -0.25) is 14.2 Å². The molecule has 1 aliphatic heterocycles. The van der Waals surface area contributed by atoms with Gasteiger partial charge in [-0.25, -0.2) is 4.98 Å². The fraction of sp³-hybridized carbons (Fsp3) is 0.450. The summed E-state index contributed by atoms with van der Waals surface area (Å²) in [6.45, 7) is 4.10. The van der Waals surface area contributed by atoms with E-state index in [1.165, 1.54) is 0 Å². The summed E-state index contributed by atoms with van der Waals surface area (Å²) >= 11 is 0. The lowest BCUT2D eigenvalue weighted by Gasteiger charge is -2.20. The van der Waals surface area contributed by atoms with E-state index in [-0.39, 0.29) is 11.5 Å². The number of rotatable bonds is 5. The van der Waals surface area contributed by atoms with E-state index in [2.05, 4.69) is 0 Å². The molecule has 6 nitrogen and oxygen atoms in total. The Bertz CT molecular complexity index is 830. The van der Waals surface area contributed by atoms with Crippen LogP contribution in [0.4, 0.5) is 0 Å². The first-order chi connectivity index (χ1) is 12.7. The van der Waals surface area contributed by atoms with Crippen LogP contribution >= 0.6 is 0 Å². The van der Waals surface area contributed by atoms with Crippen molar-refractivity contribution in [1.29, 1.82) is 0 Å². The third-order valence-electron chi connectivity index (χ3n) is 4.82. The number of nitrogens with zero attached hydrogens (tertiary/aromatic N) is 3. The number of carbonyl (C=O) groups is 1. The quantitative estimate of drug-likeness (QED) is 0.819. The van der Waals surface area contributed by atoms with Gasteiger partial charge in [-0.05, 0) is 18.6 Å². The summed E-state index contributed by atoms with van der Waals surface area (Å²) in [5.74, 6) is 0.794. The zero-order valence-electron chi connectivity index (χ0n) is 15.4. The maximum absolute atomic E-state index is 13.0. The van der Waals surface area contributed by atoms with Crippen molar-refractivity contribution >= 4 is 5.91 Å². The summed E-state index contributed by atoms with van der Waals surface area (Å²) in [6.07, 6.45) is 1.84. The molecule has 2 heterocycles. The summed E-state index contributed by atoms with van der Waals surface area (Å²) < 4.78 is 6.85. The second-order valence-electron chi connectivity index (χ2n) is 6.41. The predicted molar refractivity (Wildman–Crippen MR) is 99.5 cm³/mol. The molecule has 0 fully saturated rings. The summed E-state index contributed by atoms with van der Waals surface area (Å²) in [5, 5.41) is 0. The van der Waals surface area contributed by atoms with Crippen LogP contribution in [0.15, 0.2) is 35.1 Å². The van der Waals surface area contributed by atoms with Crippen LogP contribution in [-0.4, -0.2) is 47.2 Å². The van der Waals surface area contributed by atoms with Crippen LogP contribution in [0.1, 0.15) is 34.4 Å². The molecule has 0 radical (unpaired) electrons. The van der Waals surface area contributed by atoms with Gasteiger partial charge in [0.05, 0.1) is 18.8 Å². The largest absolute Gasteiger partial charge is 0.383 e. The first kappa shape index (κ1) is 18.3. The van der Waals surface area contributed by atoms with Gasteiger partial charge >= 0.3 is 0 Å². The van der Waals surface area contributed by atoms with Gasteiger partial charge in [0.2, 0.25) is 0 Å². The zero-order valence-corrected chi connectivity index (χ0v) is 15.4. The fourth-order valence-electron chi connectivity index (χ4n) is 3.39. The van der Waals surface area contributed by atoms with Crippen molar-refractivity contribution in [3.8, 4) is 0 Å². The van der Waals surface area contributed by atoms with Crippen LogP contribution in [0.5, 0.6) is 0 Å². The van der Waals surface area contributed by atoms with E-state index in [1.807, 2.05) is 42.2 Å². The summed E-state index contributed by atoms with van der Waals surface area (Å²) in [6, 6.07) is 9.28. The van der Waals surface area contributed by atoms with Crippen LogP contribution < -0.4 is 5.56 Å². The third kappa shape index (κ3) is 3.70. The zero-order chi connectivity index (χ0) is 18.5. The molecule has 0 unspecified atom stereocenters. The Hall–Kier alpha value is -2.47. The highest BCUT2D eigenvalue weighted by molar-refractivity contribution is 5.94. The fourth-order valence-corrected chi connectivity index (χ4v) is 3.39. The van der Waals surface area contributed by atoms with Crippen molar-refractivity contribution in [1.82, 2.24) is 14.5 Å². The van der Waals surface area contributed by atoms with E-state index in [9.17, 15) is 9.59 Å². The minimum atomic E-state index is 0.00818. The van der Waals surface area contributed by atoms with E-state index < -0.39 is 0 Å². The minimum Gasteiger partial charge on any atom is -0.383 e. The molecule has 138 valence electrons. The van der Waals surface area contributed by atoms with E-state index in [1.54, 1.807) is 11.7 Å². The molecule has 26 heavy (non-hydrogen) atoms. The molecule has 1 amide bonds. The van der Waals surface area contributed by atoms with Crippen LogP contribution in [0.2, 0.25) is 0 Å². The number of aromatic nitrogens is 2. The third-order valence-corrected chi connectivity index (χ3v) is 4.82. The molecule has 6 heteroatoms. The van der Waals surface area contributed by atoms with Crippen molar-refractivity contribution in [3.05, 3.63) is 63.3 Å². The molecule has 0 bridgehead atoms. The number of aryl methyl sites for hydroxylation is 1. The SMILES string of the molecule is CCc1nc2c(c(=O)n1CCOC)CCN(C(=O)c1ccccc1)CC2. The predicted octanol–water partition coefficient (Wildman–Crippen LogP) is 1.69. The highest BCUT2D eigenvalue weighted by Gasteiger charge is 2.23. The number of carbonyl (C=O) groups excluding carboxylic acids is 1. The van der Waals surface area contributed by atoms with Crippen molar-refractivity contribution < 1.29 is 9.53 Å². The molecule has 0 saturated carbocycles. The van der Waals surface area contributed by atoms with Crippen molar-refractivity contribution in [2.75, 3.05) is 26.8 Å². The number of hydrogen-bond acceptors (Lipinski definition) is 4. The average molecular weight is 355 g/mol. The molecule has 1 aliphatic rings. The maximum Gasteiger partial charge on any atom is 0.257 e. The normalized spacial score (nSPS) is 14.0. The first-order valence-electron chi connectivity index (χ1n) is 9.10. The second kappa shape index (κ2) is 8.27. The Morgan fingerprint density at radius 3 is 2.62 bits per heavy atom. The summed E-state index contributed by atoms with van der Waals surface area (Å²) in [5.41, 5.74) is 2.27. The molecule has 0 saturated heterocycles. The van der Waals surface area contributed by atoms with Gasteiger partial charge in [-0.1, -0.05) is 25.1 Å². The Labute approximate surface area is 153 Å². The smallest absolute Gasteiger partial charge is 0.257 e. The van der Waals surface area contributed by atoms with E-state index in [4.69, 9.17) is 9.72 Å². The van der Waals surface area contributed by atoms with Gasteiger partial charge in [0.1, 0.15) is 5.82 Å². The number of fused-ring (bicyclic) bond motifs is 1. The molecule has 3 rings (SSSR count). The Kier molecular flexibility index (Phi) is 5.83. The lowest BCUT2D eigenvalue weighted by atomic mass is 10.1. The first-order valence-corrected chi connectivity index (χ1v) is 9.10. The molecule has 1 aromatic heterocycles. The Balaban J connectivity index is 1.86. The van der Waals surface area contributed by atoms with E-state index >= 15 is 0 Å². The van der Waals surface area contributed by atoms with Gasteiger partial charge in [-0.15, -0.1) is 0 Å². The van der Waals surface area contributed by atoms with Crippen LogP contribution in [-0.2, 0) is 30.5 Å². The van der Waals surface area contributed by atoms with E-state index in [0.29, 0.717) is 51.1 Å². The molecular weight excluding hydrogens is 330 g/mol. The maximum atomic E-state index is 13.0. The molecule has 0 N–H and O–H groups in total. The molecule has 2 aromatic rings. The van der Waals surface area contributed by atoms with Crippen molar-refractivity contribution in [2.45, 2.75) is 32.7 Å². The molecule has 0 spiro atoms. The number of hydrogen-bond donors (Lipinski definition) is 0. The molecule has 1 aromatic carbocycles. The topological polar surface area (TPSA) is 64.4 Å². The number of amides is 1. The lowest BCUT2D eigenvalue weighted by Crippen LogP contribution is -2.34. The standard InChI is InChI=1S/C20H25N3O3/c1-3-18-21-17-10-12-22(19(24)15-7-5-4-6-8-15)11-9-16(17)20(25)23(18)13-14-26-2/h4-8H,3,9-14H2,1-2H3. The minimum absolute atomic E-state index is 0.00818. The van der Waals surface area contributed by atoms with Crippen LogP contribution in [0, 0.1) is 0 Å². The van der Waals surface area contributed by atoms with Gasteiger partial charge in [0, 0.05) is 44.2 Å². The number of ether oxygens (including phenoxy) is 1. The van der Waals surface area contributed by atoms with E-state index in [0.717, 1.165) is 17.1 Å². The highest BCUT2D eigenvalue weighted by Crippen LogP contribution is 2.14. The highest BCUT2D eigenvalue weighted by atomic mass is 16.5. The average Bonchev–Trinajstić information content (AvgIpc) is 2.90. The monoisotopic (exact) mass is 355 g/mol. The number of methoxy groups -OCH3 is 1. The summed E-state index contributed by atoms with van der Waals surface area (Å²) in [7, 11) is 1.63. The Morgan fingerprint density at radius 1 is 1.19 bits per heavy atom. The van der Waals surface area contributed by atoms with Crippen molar-refractivity contribution in [3.63, 3.8) is 0 Å². The Morgan fingerprint density at radius 2 is 1.92 bits per heavy atom. The summed E-state index contributed by atoms with van der Waals surface area (Å²) in [4.78, 5) is 32.3.